The van der Waals surface area contributed by atoms with Crippen LogP contribution in [-0.4, -0.2) is 15.0 Å². The summed E-state index contributed by atoms with van der Waals surface area (Å²) in [5.74, 6) is 1.77. The van der Waals surface area contributed by atoms with Gasteiger partial charge in [0.1, 0.15) is 11.2 Å². The van der Waals surface area contributed by atoms with Crippen LogP contribution in [0.1, 0.15) is 0 Å². The van der Waals surface area contributed by atoms with Gasteiger partial charge in [-0.15, -0.1) is 11.3 Å². The molecule has 0 radical (unpaired) electrons. The lowest BCUT2D eigenvalue weighted by Gasteiger charge is -2.19. The van der Waals surface area contributed by atoms with E-state index in [9.17, 15) is 0 Å². The maximum Gasteiger partial charge on any atom is 0.164 e. The van der Waals surface area contributed by atoms with Gasteiger partial charge in [0.2, 0.25) is 0 Å². The third-order valence-corrected chi connectivity index (χ3v) is 12.7. The summed E-state index contributed by atoms with van der Waals surface area (Å²) in [6.07, 6.45) is 0. The van der Waals surface area contributed by atoms with E-state index in [1.165, 1.54) is 20.2 Å². The third-order valence-electron chi connectivity index (χ3n) is 11.5. The molecule has 0 bridgehead atoms. The van der Waals surface area contributed by atoms with Crippen molar-refractivity contribution in [3.05, 3.63) is 200 Å². The molecule has 4 nitrogen and oxygen atoms in total. The minimum Gasteiger partial charge on any atom is -0.456 e. The first kappa shape index (κ1) is 34.3. The molecule has 0 spiro atoms. The Labute approximate surface area is 349 Å². The minimum absolute atomic E-state index is 0.580. The standard InChI is InChI=1S/C55H33N3OS/c1-4-15-34(16-5-1)39-32-43(38-28-30-49-44(31-38)41-23-12-13-26-48(41)60-49)50(36-18-6-2-7-19-36)45(33-39)55-57-53(37-20-8-3-9-21-37)56-54(58-55)42-24-14-25-46-52(42)51-40-22-11-10-17-35(40)27-29-47(51)59-46/h1-33H. The lowest BCUT2D eigenvalue weighted by molar-refractivity contribution is 0.669. The van der Waals surface area contributed by atoms with Crippen LogP contribution in [0, 0.1) is 0 Å². The molecule has 0 fully saturated rings. The number of thiophene rings is 1. The summed E-state index contributed by atoms with van der Waals surface area (Å²) in [7, 11) is 0. The maximum absolute atomic E-state index is 6.54. The van der Waals surface area contributed by atoms with Gasteiger partial charge in [-0.1, -0.05) is 158 Å². The molecule has 5 heteroatoms. The summed E-state index contributed by atoms with van der Waals surface area (Å²) in [6.45, 7) is 0. The zero-order valence-corrected chi connectivity index (χ0v) is 33.0. The lowest BCUT2D eigenvalue weighted by atomic mass is 9.86. The predicted octanol–water partition coefficient (Wildman–Crippen LogP) is 15.3. The van der Waals surface area contributed by atoms with E-state index in [2.05, 4.69) is 170 Å². The quantitative estimate of drug-likeness (QED) is 0.169. The van der Waals surface area contributed by atoms with Gasteiger partial charge in [-0.25, -0.2) is 15.0 Å². The smallest absolute Gasteiger partial charge is 0.164 e. The number of hydrogen-bond acceptors (Lipinski definition) is 5. The Morgan fingerprint density at radius 2 is 0.950 bits per heavy atom. The van der Waals surface area contributed by atoms with Crippen LogP contribution >= 0.6 is 11.3 Å². The summed E-state index contributed by atoms with van der Waals surface area (Å²) in [5.41, 5.74) is 10.9. The van der Waals surface area contributed by atoms with Gasteiger partial charge in [0, 0.05) is 53.2 Å². The second-order valence-electron chi connectivity index (χ2n) is 15.1. The molecule has 0 aliphatic heterocycles. The zero-order chi connectivity index (χ0) is 39.6. The van der Waals surface area contributed by atoms with Crippen molar-refractivity contribution in [1.82, 2.24) is 15.0 Å². The Morgan fingerprint density at radius 3 is 1.75 bits per heavy atom. The van der Waals surface area contributed by atoms with Crippen LogP contribution in [0.5, 0.6) is 0 Å². The number of nitrogens with zero attached hydrogens (tertiary/aromatic N) is 3. The first-order valence-electron chi connectivity index (χ1n) is 20.1. The number of fused-ring (bicyclic) bond motifs is 8. The molecular weight excluding hydrogens is 751 g/mol. The fourth-order valence-corrected chi connectivity index (χ4v) is 9.85. The highest BCUT2D eigenvalue weighted by Gasteiger charge is 2.23. The Balaban J connectivity index is 1.19. The van der Waals surface area contributed by atoms with Crippen LogP contribution in [-0.2, 0) is 0 Å². The summed E-state index contributed by atoms with van der Waals surface area (Å²) in [6, 6.07) is 70.4. The van der Waals surface area contributed by atoms with Crippen molar-refractivity contribution >= 4 is 64.2 Å². The Bertz CT molecular complexity index is 3590. The van der Waals surface area contributed by atoms with Gasteiger partial charge in [0.15, 0.2) is 17.5 Å². The van der Waals surface area contributed by atoms with Crippen molar-refractivity contribution in [2.45, 2.75) is 0 Å². The van der Waals surface area contributed by atoms with E-state index in [-0.39, 0.29) is 0 Å². The molecule has 0 unspecified atom stereocenters. The van der Waals surface area contributed by atoms with E-state index in [4.69, 9.17) is 19.4 Å². The molecule has 0 saturated carbocycles. The molecule has 12 aromatic rings. The Morgan fingerprint density at radius 1 is 0.333 bits per heavy atom. The minimum atomic E-state index is 0.580. The largest absolute Gasteiger partial charge is 0.456 e. The third kappa shape index (κ3) is 5.70. The monoisotopic (exact) mass is 783 g/mol. The normalized spacial score (nSPS) is 11.7. The molecule has 0 aliphatic rings. The molecule has 3 heterocycles. The van der Waals surface area contributed by atoms with Gasteiger partial charge < -0.3 is 4.42 Å². The second-order valence-corrected chi connectivity index (χ2v) is 16.2. The Hall–Kier alpha value is -7.73. The molecule has 0 aliphatic carbocycles. The van der Waals surface area contributed by atoms with Crippen LogP contribution in [0.15, 0.2) is 205 Å². The first-order valence-corrected chi connectivity index (χ1v) is 20.9. The average Bonchev–Trinajstić information content (AvgIpc) is 3.90. The molecule has 12 rings (SSSR count). The van der Waals surface area contributed by atoms with Crippen molar-refractivity contribution in [2.75, 3.05) is 0 Å². The fraction of sp³-hybridized carbons (Fsp3) is 0. The first-order chi connectivity index (χ1) is 29.7. The van der Waals surface area contributed by atoms with Crippen molar-refractivity contribution in [1.29, 1.82) is 0 Å². The van der Waals surface area contributed by atoms with Crippen LogP contribution in [0.25, 0.3) is 120 Å². The number of rotatable bonds is 6. The highest BCUT2D eigenvalue weighted by Crippen LogP contribution is 2.46. The fourth-order valence-electron chi connectivity index (χ4n) is 8.76. The lowest BCUT2D eigenvalue weighted by Crippen LogP contribution is -2.02. The summed E-state index contributed by atoms with van der Waals surface area (Å²) < 4.78 is 9.09. The van der Waals surface area contributed by atoms with E-state index in [0.717, 1.165) is 82.8 Å². The van der Waals surface area contributed by atoms with Crippen LogP contribution in [0.4, 0.5) is 0 Å². The average molecular weight is 784 g/mol. The van der Waals surface area contributed by atoms with E-state index >= 15 is 0 Å². The maximum atomic E-state index is 6.54. The van der Waals surface area contributed by atoms with Crippen molar-refractivity contribution < 1.29 is 4.42 Å². The molecule has 0 N–H and O–H groups in total. The van der Waals surface area contributed by atoms with Gasteiger partial charge in [0.25, 0.3) is 0 Å². The van der Waals surface area contributed by atoms with E-state index in [1.54, 1.807) is 0 Å². The van der Waals surface area contributed by atoms with Gasteiger partial charge >= 0.3 is 0 Å². The molecule has 3 aromatic heterocycles. The summed E-state index contributed by atoms with van der Waals surface area (Å²) in [4.78, 5) is 16.1. The van der Waals surface area contributed by atoms with Crippen molar-refractivity contribution in [2.24, 2.45) is 0 Å². The molecule has 0 atom stereocenters. The van der Waals surface area contributed by atoms with Crippen LogP contribution in [0.2, 0.25) is 0 Å². The Kier molecular flexibility index (Phi) is 8.00. The number of aromatic nitrogens is 3. The summed E-state index contributed by atoms with van der Waals surface area (Å²) >= 11 is 1.83. The molecule has 60 heavy (non-hydrogen) atoms. The van der Waals surface area contributed by atoms with Gasteiger partial charge in [-0.3, -0.25) is 0 Å². The predicted molar refractivity (Wildman–Crippen MR) is 250 cm³/mol. The zero-order valence-electron chi connectivity index (χ0n) is 32.2. The number of hydrogen-bond donors (Lipinski definition) is 0. The highest BCUT2D eigenvalue weighted by atomic mass is 32.1. The SMILES string of the molecule is c1ccc(-c2cc(-c3ccc4sc5ccccc5c4c3)c(-c3ccccc3)c(-c3nc(-c4ccccc4)nc(-c4cccc5oc6ccc7ccccc7c6c45)n3)c2)cc1. The van der Waals surface area contributed by atoms with E-state index < -0.39 is 0 Å². The molecular formula is C55H33N3OS. The highest BCUT2D eigenvalue weighted by molar-refractivity contribution is 7.25. The molecule has 0 amide bonds. The summed E-state index contributed by atoms with van der Waals surface area (Å²) in [5, 5.41) is 6.83. The van der Waals surface area contributed by atoms with Gasteiger partial charge in [-0.2, -0.15) is 0 Å². The number of benzene rings is 9. The molecule has 280 valence electrons. The van der Waals surface area contributed by atoms with E-state index in [1.807, 2.05) is 41.7 Å². The number of furan rings is 1. The van der Waals surface area contributed by atoms with E-state index in [0.29, 0.717) is 17.5 Å². The van der Waals surface area contributed by atoms with Gasteiger partial charge in [0.05, 0.1) is 0 Å². The van der Waals surface area contributed by atoms with Crippen molar-refractivity contribution in [3.63, 3.8) is 0 Å². The van der Waals surface area contributed by atoms with Gasteiger partial charge in [-0.05, 0) is 81.1 Å². The van der Waals surface area contributed by atoms with Crippen molar-refractivity contribution in [3.8, 4) is 67.5 Å². The molecule has 9 aromatic carbocycles. The van der Waals surface area contributed by atoms with Crippen LogP contribution < -0.4 is 0 Å². The molecule has 0 saturated heterocycles. The van der Waals surface area contributed by atoms with Crippen LogP contribution in [0.3, 0.4) is 0 Å². The second kappa shape index (κ2) is 14.0. The topological polar surface area (TPSA) is 51.8 Å².